The van der Waals surface area contributed by atoms with Gasteiger partial charge in [0, 0.05) is 23.7 Å². The number of anilines is 1. The fraction of sp³-hybridized carbons (Fsp3) is 0.350. The molecule has 0 spiro atoms. The fourth-order valence-corrected chi connectivity index (χ4v) is 5.01. The van der Waals surface area contributed by atoms with Gasteiger partial charge in [-0.3, -0.25) is 4.79 Å². The zero-order chi connectivity index (χ0) is 21.0. The SMILES string of the molecule is CCOc1ccc(C(=O)Nc2cc(Cl)ccc2OC)cc1S(=O)(=O)N1CCCC1. The quantitative estimate of drug-likeness (QED) is 0.711. The topological polar surface area (TPSA) is 84.9 Å². The van der Waals surface area contributed by atoms with Crippen molar-refractivity contribution < 1.29 is 22.7 Å². The van der Waals surface area contributed by atoms with Gasteiger partial charge in [0.05, 0.1) is 19.4 Å². The molecule has 0 aliphatic carbocycles. The summed E-state index contributed by atoms with van der Waals surface area (Å²) in [4.78, 5) is 12.8. The van der Waals surface area contributed by atoms with E-state index in [2.05, 4.69) is 5.32 Å². The largest absolute Gasteiger partial charge is 0.495 e. The van der Waals surface area contributed by atoms with Gasteiger partial charge >= 0.3 is 0 Å². The number of nitrogens with zero attached hydrogens (tertiary/aromatic N) is 1. The molecule has 1 N–H and O–H groups in total. The Bertz CT molecular complexity index is 1000. The molecular formula is C20H23ClN2O5S. The van der Waals surface area contributed by atoms with E-state index < -0.39 is 15.9 Å². The molecule has 0 unspecified atom stereocenters. The molecule has 1 fully saturated rings. The normalized spacial score (nSPS) is 14.6. The number of carbonyl (C=O) groups excluding carboxylic acids is 1. The van der Waals surface area contributed by atoms with Crippen molar-refractivity contribution >= 4 is 33.2 Å². The molecule has 3 rings (SSSR count). The Morgan fingerprint density at radius 1 is 1.14 bits per heavy atom. The molecule has 0 saturated carbocycles. The van der Waals surface area contributed by atoms with Gasteiger partial charge in [-0.15, -0.1) is 0 Å². The first-order valence-electron chi connectivity index (χ1n) is 9.28. The lowest BCUT2D eigenvalue weighted by atomic mass is 10.2. The van der Waals surface area contributed by atoms with Crippen LogP contribution in [0.15, 0.2) is 41.3 Å². The molecule has 0 atom stereocenters. The third-order valence-corrected chi connectivity index (χ3v) is 6.75. The summed E-state index contributed by atoms with van der Waals surface area (Å²) >= 11 is 6.01. The van der Waals surface area contributed by atoms with Gasteiger partial charge < -0.3 is 14.8 Å². The lowest BCUT2D eigenvalue weighted by Gasteiger charge is -2.19. The highest BCUT2D eigenvalue weighted by atomic mass is 35.5. The van der Waals surface area contributed by atoms with Crippen LogP contribution in [0.1, 0.15) is 30.1 Å². The average Bonchev–Trinajstić information content (AvgIpc) is 3.24. The zero-order valence-corrected chi connectivity index (χ0v) is 17.8. The summed E-state index contributed by atoms with van der Waals surface area (Å²) in [6.45, 7) is 3.01. The molecule has 7 nitrogen and oxygen atoms in total. The van der Waals surface area contributed by atoms with E-state index in [0.29, 0.717) is 36.2 Å². The maximum absolute atomic E-state index is 13.1. The third-order valence-electron chi connectivity index (χ3n) is 4.60. The minimum atomic E-state index is -3.76. The molecule has 29 heavy (non-hydrogen) atoms. The van der Waals surface area contributed by atoms with Crippen LogP contribution in [0.25, 0.3) is 0 Å². The number of nitrogens with one attached hydrogen (secondary N) is 1. The van der Waals surface area contributed by atoms with Crippen LogP contribution >= 0.6 is 11.6 Å². The van der Waals surface area contributed by atoms with Gasteiger partial charge in [-0.05, 0) is 56.2 Å². The number of benzene rings is 2. The summed E-state index contributed by atoms with van der Waals surface area (Å²) in [7, 11) is -2.27. The van der Waals surface area contributed by atoms with Crippen molar-refractivity contribution in [2.45, 2.75) is 24.7 Å². The first-order valence-corrected chi connectivity index (χ1v) is 11.1. The third kappa shape index (κ3) is 4.66. The van der Waals surface area contributed by atoms with Crippen molar-refractivity contribution in [2.75, 3.05) is 32.1 Å². The molecule has 0 aromatic heterocycles. The standard InChI is InChI=1S/C20H23ClN2O5S/c1-3-28-18-8-6-14(12-19(18)29(25,26)23-10-4-5-11-23)20(24)22-16-13-15(21)7-9-17(16)27-2/h6-9,12-13H,3-5,10-11H2,1-2H3,(H,22,24). The van der Waals surface area contributed by atoms with Crippen molar-refractivity contribution in [3.8, 4) is 11.5 Å². The Morgan fingerprint density at radius 3 is 2.48 bits per heavy atom. The van der Waals surface area contributed by atoms with Crippen LogP contribution in [0.3, 0.4) is 0 Å². The van der Waals surface area contributed by atoms with Crippen LogP contribution in [-0.4, -0.2) is 45.4 Å². The predicted molar refractivity (Wildman–Crippen MR) is 112 cm³/mol. The van der Waals surface area contributed by atoms with Crippen molar-refractivity contribution in [1.82, 2.24) is 4.31 Å². The maximum Gasteiger partial charge on any atom is 0.255 e. The molecule has 9 heteroatoms. The molecule has 1 aliphatic rings. The number of halogens is 1. The Hall–Kier alpha value is -2.29. The molecule has 156 valence electrons. The van der Waals surface area contributed by atoms with Gasteiger partial charge in [0.15, 0.2) is 0 Å². The highest BCUT2D eigenvalue weighted by molar-refractivity contribution is 7.89. The molecule has 1 heterocycles. The highest BCUT2D eigenvalue weighted by Crippen LogP contribution is 2.32. The molecule has 1 amide bonds. The number of methoxy groups -OCH3 is 1. The highest BCUT2D eigenvalue weighted by Gasteiger charge is 2.31. The second-order valence-corrected chi connectivity index (χ2v) is 8.85. The van der Waals surface area contributed by atoms with Crippen molar-refractivity contribution in [3.05, 3.63) is 47.0 Å². The molecule has 1 aliphatic heterocycles. The van der Waals surface area contributed by atoms with E-state index in [-0.39, 0.29) is 16.2 Å². The number of hydrogen-bond acceptors (Lipinski definition) is 5. The second kappa shape index (κ2) is 9.02. The summed E-state index contributed by atoms with van der Waals surface area (Å²) in [6.07, 6.45) is 1.63. The summed E-state index contributed by atoms with van der Waals surface area (Å²) in [5.41, 5.74) is 0.580. The Kier molecular flexibility index (Phi) is 6.66. The van der Waals surface area contributed by atoms with Crippen LogP contribution in [0, 0.1) is 0 Å². The van der Waals surface area contributed by atoms with Gasteiger partial charge in [0.2, 0.25) is 10.0 Å². The van der Waals surface area contributed by atoms with Crippen LogP contribution in [0.2, 0.25) is 5.02 Å². The predicted octanol–water partition coefficient (Wildman–Crippen LogP) is 3.78. The molecule has 1 saturated heterocycles. The average molecular weight is 439 g/mol. The Balaban J connectivity index is 1.96. The van der Waals surface area contributed by atoms with Crippen LogP contribution in [-0.2, 0) is 10.0 Å². The molecule has 2 aromatic carbocycles. The van der Waals surface area contributed by atoms with Crippen LogP contribution < -0.4 is 14.8 Å². The number of amides is 1. The molecular weight excluding hydrogens is 416 g/mol. The number of ether oxygens (including phenoxy) is 2. The lowest BCUT2D eigenvalue weighted by Crippen LogP contribution is -2.28. The second-order valence-electron chi connectivity index (χ2n) is 6.50. The van der Waals surface area contributed by atoms with Crippen molar-refractivity contribution in [2.24, 2.45) is 0 Å². The smallest absolute Gasteiger partial charge is 0.255 e. The minimum absolute atomic E-state index is 0.00745. The van der Waals surface area contributed by atoms with Gasteiger partial charge in [-0.25, -0.2) is 8.42 Å². The summed E-state index contributed by atoms with van der Waals surface area (Å²) in [5, 5.41) is 3.16. The van der Waals surface area contributed by atoms with Crippen molar-refractivity contribution in [1.29, 1.82) is 0 Å². The van der Waals surface area contributed by atoms with E-state index in [1.165, 1.54) is 29.6 Å². The van der Waals surface area contributed by atoms with Crippen LogP contribution in [0.4, 0.5) is 5.69 Å². The first kappa shape index (κ1) is 21.4. The van der Waals surface area contributed by atoms with E-state index in [1.807, 2.05) is 0 Å². The van der Waals surface area contributed by atoms with E-state index in [1.54, 1.807) is 25.1 Å². The summed E-state index contributed by atoms with van der Waals surface area (Å²) in [5.74, 6) is 0.196. The van der Waals surface area contributed by atoms with E-state index >= 15 is 0 Å². The number of hydrogen-bond donors (Lipinski definition) is 1. The van der Waals surface area contributed by atoms with E-state index in [4.69, 9.17) is 21.1 Å². The Morgan fingerprint density at radius 2 is 1.83 bits per heavy atom. The van der Waals surface area contributed by atoms with Crippen molar-refractivity contribution in [3.63, 3.8) is 0 Å². The van der Waals surface area contributed by atoms with Gasteiger partial charge in [0.1, 0.15) is 16.4 Å². The lowest BCUT2D eigenvalue weighted by molar-refractivity contribution is 0.102. The number of sulfonamides is 1. The fourth-order valence-electron chi connectivity index (χ4n) is 3.17. The Labute approximate surface area is 175 Å². The maximum atomic E-state index is 13.1. The van der Waals surface area contributed by atoms with Gasteiger partial charge in [0.25, 0.3) is 5.91 Å². The zero-order valence-electron chi connectivity index (χ0n) is 16.3. The molecule has 2 aromatic rings. The minimum Gasteiger partial charge on any atom is -0.495 e. The first-order chi connectivity index (χ1) is 13.9. The molecule has 0 bridgehead atoms. The summed E-state index contributed by atoms with van der Waals surface area (Å²) in [6, 6.07) is 9.24. The monoisotopic (exact) mass is 438 g/mol. The number of rotatable bonds is 7. The number of carbonyl (C=O) groups is 1. The van der Waals surface area contributed by atoms with Gasteiger partial charge in [-0.1, -0.05) is 11.6 Å². The molecule has 0 radical (unpaired) electrons. The summed E-state index contributed by atoms with van der Waals surface area (Å²) < 4.78 is 38.3. The van der Waals surface area contributed by atoms with Gasteiger partial charge in [-0.2, -0.15) is 4.31 Å². The van der Waals surface area contributed by atoms with E-state index in [9.17, 15) is 13.2 Å². The van der Waals surface area contributed by atoms with E-state index in [0.717, 1.165) is 12.8 Å². The van der Waals surface area contributed by atoms with Crippen LogP contribution in [0.5, 0.6) is 11.5 Å².